The molecule has 0 saturated carbocycles. The Balaban J connectivity index is 0.00000264. The number of aliphatic hydroxyl groups excluding tert-OH is 1. The number of hydrogen-bond donors (Lipinski definition) is 1. The minimum atomic E-state index is -0.387. The van der Waals surface area contributed by atoms with E-state index in [4.69, 9.17) is 4.74 Å². The van der Waals surface area contributed by atoms with Gasteiger partial charge in [0.2, 0.25) is 0 Å². The van der Waals surface area contributed by atoms with Gasteiger partial charge in [0.1, 0.15) is 0 Å². The summed E-state index contributed by atoms with van der Waals surface area (Å²) in [5.74, 6) is 0. The lowest BCUT2D eigenvalue weighted by atomic mass is 10.2. The number of rotatable bonds is 8. The molecule has 0 radical (unpaired) electrons. The highest BCUT2D eigenvalue weighted by Gasteiger charge is 2.19. The van der Waals surface area contributed by atoms with Crippen LogP contribution in [-0.4, -0.2) is 78.0 Å². The summed E-state index contributed by atoms with van der Waals surface area (Å²) >= 11 is 0. The molecular formula is C17H30ClN3O2. The fourth-order valence-corrected chi connectivity index (χ4v) is 2.67. The third kappa shape index (κ3) is 8.08. The molecule has 23 heavy (non-hydrogen) atoms. The van der Waals surface area contributed by atoms with E-state index >= 15 is 0 Å². The Morgan fingerprint density at radius 2 is 1.87 bits per heavy atom. The fourth-order valence-electron chi connectivity index (χ4n) is 2.67. The summed E-state index contributed by atoms with van der Waals surface area (Å²) in [6.07, 6.45) is 2.65. The van der Waals surface area contributed by atoms with Crippen LogP contribution in [0.1, 0.15) is 19.5 Å². The molecule has 132 valence electrons. The van der Waals surface area contributed by atoms with Crippen LogP contribution in [0.15, 0.2) is 24.4 Å². The second-order valence-electron chi connectivity index (χ2n) is 6.25. The van der Waals surface area contributed by atoms with Crippen molar-refractivity contribution in [3.05, 3.63) is 30.1 Å². The molecule has 2 rings (SSSR count). The van der Waals surface area contributed by atoms with Crippen molar-refractivity contribution < 1.29 is 9.84 Å². The molecule has 1 atom stereocenters. The van der Waals surface area contributed by atoms with Crippen molar-refractivity contribution in [1.82, 2.24) is 14.8 Å². The molecular weight excluding hydrogens is 314 g/mol. The van der Waals surface area contributed by atoms with Gasteiger partial charge in [0.15, 0.2) is 0 Å². The summed E-state index contributed by atoms with van der Waals surface area (Å²) in [6, 6.07) is 6.08. The quantitative estimate of drug-likeness (QED) is 0.774. The SMILES string of the molecule is CC(C)OCC(O)CN1CCN(CCc2ccccn2)CC1.Cl. The number of aliphatic hydroxyl groups is 1. The first-order chi connectivity index (χ1) is 10.6. The second-order valence-corrected chi connectivity index (χ2v) is 6.25. The third-order valence-electron chi connectivity index (χ3n) is 3.97. The van der Waals surface area contributed by atoms with Crippen LogP contribution < -0.4 is 0 Å². The number of ether oxygens (including phenoxy) is 1. The molecule has 0 aliphatic carbocycles. The lowest BCUT2D eigenvalue weighted by molar-refractivity contribution is -0.0144. The van der Waals surface area contributed by atoms with Crippen molar-refractivity contribution >= 4 is 12.4 Å². The molecule has 1 aromatic rings. The molecule has 1 aliphatic heterocycles. The summed E-state index contributed by atoms with van der Waals surface area (Å²) in [5, 5.41) is 9.98. The molecule has 0 aromatic carbocycles. The molecule has 1 aliphatic rings. The number of halogens is 1. The van der Waals surface area contributed by atoms with Crippen LogP contribution in [0.2, 0.25) is 0 Å². The van der Waals surface area contributed by atoms with Gasteiger partial charge in [-0.25, -0.2) is 0 Å². The first-order valence-corrected chi connectivity index (χ1v) is 8.28. The Hall–Kier alpha value is -0.720. The van der Waals surface area contributed by atoms with Gasteiger partial charge < -0.3 is 14.7 Å². The average Bonchev–Trinajstić information content (AvgIpc) is 2.53. The first kappa shape index (κ1) is 20.3. The maximum Gasteiger partial charge on any atom is 0.0900 e. The van der Waals surface area contributed by atoms with Crippen molar-refractivity contribution in [3.63, 3.8) is 0 Å². The largest absolute Gasteiger partial charge is 0.389 e. The Labute approximate surface area is 146 Å². The van der Waals surface area contributed by atoms with Crippen molar-refractivity contribution in [2.45, 2.75) is 32.5 Å². The van der Waals surface area contributed by atoms with Crippen LogP contribution in [0.5, 0.6) is 0 Å². The maximum absolute atomic E-state index is 9.98. The third-order valence-corrected chi connectivity index (χ3v) is 3.97. The van der Waals surface area contributed by atoms with E-state index in [1.165, 1.54) is 0 Å². The minimum Gasteiger partial charge on any atom is -0.389 e. The molecule has 1 saturated heterocycles. The molecule has 1 N–H and O–H groups in total. The molecule has 1 aromatic heterocycles. The second kappa shape index (κ2) is 10.9. The van der Waals surface area contributed by atoms with E-state index in [2.05, 4.69) is 20.9 Å². The van der Waals surface area contributed by atoms with Gasteiger partial charge >= 0.3 is 0 Å². The topological polar surface area (TPSA) is 48.8 Å². The van der Waals surface area contributed by atoms with Crippen LogP contribution in [0.25, 0.3) is 0 Å². The van der Waals surface area contributed by atoms with Crippen LogP contribution in [0.4, 0.5) is 0 Å². The van der Waals surface area contributed by atoms with Gasteiger partial charge in [0.25, 0.3) is 0 Å². The summed E-state index contributed by atoms with van der Waals surface area (Å²) in [6.45, 7) is 10.3. The van der Waals surface area contributed by atoms with Gasteiger partial charge in [-0.2, -0.15) is 0 Å². The van der Waals surface area contributed by atoms with Crippen molar-refractivity contribution in [2.75, 3.05) is 45.9 Å². The highest BCUT2D eigenvalue weighted by Crippen LogP contribution is 2.05. The predicted octanol–water partition coefficient (Wildman–Crippen LogP) is 1.45. The Bertz CT molecular complexity index is 412. The molecule has 0 amide bonds. The van der Waals surface area contributed by atoms with Gasteiger partial charge in [-0.3, -0.25) is 9.88 Å². The van der Waals surface area contributed by atoms with Crippen LogP contribution in [0.3, 0.4) is 0 Å². The number of piperazine rings is 1. The van der Waals surface area contributed by atoms with Gasteiger partial charge in [-0.1, -0.05) is 6.07 Å². The number of β-amino-alcohol motifs (C(OH)–C–C–N with tert-alkyl or cyclic N) is 1. The van der Waals surface area contributed by atoms with E-state index in [1.807, 2.05) is 32.2 Å². The molecule has 5 nitrogen and oxygen atoms in total. The normalized spacial score (nSPS) is 17.9. The maximum atomic E-state index is 9.98. The molecule has 0 spiro atoms. The predicted molar refractivity (Wildman–Crippen MR) is 95.2 cm³/mol. The first-order valence-electron chi connectivity index (χ1n) is 8.28. The lowest BCUT2D eigenvalue weighted by Gasteiger charge is -2.35. The van der Waals surface area contributed by atoms with Crippen molar-refractivity contribution in [1.29, 1.82) is 0 Å². The van der Waals surface area contributed by atoms with E-state index < -0.39 is 0 Å². The van der Waals surface area contributed by atoms with E-state index in [-0.39, 0.29) is 24.6 Å². The van der Waals surface area contributed by atoms with Gasteiger partial charge in [0.05, 0.1) is 18.8 Å². The summed E-state index contributed by atoms with van der Waals surface area (Å²) in [4.78, 5) is 9.17. The average molecular weight is 344 g/mol. The van der Waals surface area contributed by atoms with E-state index in [1.54, 1.807) is 0 Å². The van der Waals surface area contributed by atoms with Gasteiger partial charge in [0, 0.05) is 57.6 Å². The lowest BCUT2D eigenvalue weighted by Crippen LogP contribution is -2.49. The Kier molecular flexibility index (Phi) is 9.67. The van der Waals surface area contributed by atoms with E-state index in [0.29, 0.717) is 13.2 Å². The summed E-state index contributed by atoms with van der Waals surface area (Å²) in [7, 11) is 0. The standard InChI is InChI=1S/C17H29N3O2.ClH/c1-15(2)22-14-17(21)13-20-11-9-19(10-12-20)8-6-16-5-3-4-7-18-16;/h3-5,7,15,17,21H,6,8-14H2,1-2H3;1H. The van der Waals surface area contributed by atoms with Crippen molar-refractivity contribution in [3.8, 4) is 0 Å². The zero-order chi connectivity index (χ0) is 15.8. The fraction of sp³-hybridized carbons (Fsp3) is 0.706. The highest BCUT2D eigenvalue weighted by atomic mass is 35.5. The van der Waals surface area contributed by atoms with E-state index in [0.717, 1.165) is 44.8 Å². The smallest absolute Gasteiger partial charge is 0.0900 e. The molecule has 1 fully saturated rings. The number of pyridine rings is 1. The Morgan fingerprint density at radius 3 is 2.48 bits per heavy atom. The monoisotopic (exact) mass is 343 g/mol. The minimum absolute atomic E-state index is 0. The van der Waals surface area contributed by atoms with Crippen LogP contribution in [0, 0.1) is 0 Å². The number of hydrogen-bond acceptors (Lipinski definition) is 5. The Morgan fingerprint density at radius 1 is 1.17 bits per heavy atom. The highest BCUT2D eigenvalue weighted by molar-refractivity contribution is 5.85. The zero-order valence-corrected chi connectivity index (χ0v) is 15.0. The number of aromatic nitrogens is 1. The summed E-state index contributed by atoms with van der Waals surface area (Å²) in [5.41, 5.74) is 1.16. The summed E-state index contributed by atoms with van der Waals surface area (Å²) < 4.78 is 5.46. The van der Waals surface area contributed by atoms with Crippen LogP contribution in [-0.2, 0) is 11.2 Å². The molecule has 0 bridgehead atoms. The van der Waals surface area contributed by atoms with Gasteiger partial charge in [-0.05, 0) is 26.0 Å². The van der Waals surface area contributed by atoms with Gasteiger partial charge in [-0.15, -0.1) is 12.4 Å². The molecule has 2 heterocycles. The van der Waals surface area contributed by atoms with Crippen LogP contribution >= 0.6 is 12.4 Å². The number of nitrogens with zero attached hydrogens (tertiary/aromatic N) is 3. The zero-order valence-electron chi connectivity index (χ0n) is 14.2. The molecule has 1 unspecified atom stereocenters. The molecule has 6 heteroatoms. The van der Waals surface area contributed by atoms with E-state index in [9.17, 15) is 5.11 Å². The van der Waals surface area contributed by atoms with Crippen molar-refractivity contribution in [2.24, 2.45) is 0 Å².